The van der Waals surface area contributed by atoms with Gasteiger partial charge in [0.15, 0.2) is 11.2 Å². The van der Waals surface area contributed by atoms with E-state index >= 15 is 0 Å². The topological polar surface area (TPSA) is 32.8 Å². The zero-order valence-corrected chi connectivity index (χ0v) is 43.9. The van der Waals surface area contributed by atoms with Crippen molar-refractivity contribution in [3.05, 3.63) is 191 Å². The summed E-state index contributed by atoms with van der Waals surface area (Å²) < 4.78 is 14.5. The van der Waals surface area contributed by atoms with Gasteiger partial charge in [0.2, 0.25) is 0 Å². The standard InChI is InChI=1S/C68H64N2O2/c1-39(2)53-37-57(69(43-21-15-13-16-22-43)61-41(5)29-31-49-47-25-19-27-55(67(7,8)9)63(47)71-65(49)61)51-36-34-46-54(40(3)4)38-58(52-35-33-45(53)59(51)60(46)52)70(44-23-17-14-18-24-44)62-42(6)30-32-50-48-26-20-28-56(68(10,11)12)64(48)72-66(50)62/h13-40H,1-12H3. The van der Waals surface area contributed by atoms with E-state index in [1.165, 1.54) is 54.6 Å². The van der Waals surface area contributed by atoms with Gasteiger partial charge in [-0.25, -0.2) is 0 Å². The van der Waals surface area contributed by atoms with Gasteiger partial charge in [0.1, 0.15) is 11.2 Å². The van der Waals surface area contributed by atoms with Crippen LogP contribution in [0.5, 0.6) is 0 Å². The second-order valence-corrected chi connectivity index (χ2v) is 23.0. The van der Waals surface area contributed by atoms with Crippen LogP contribution in [-0.2, 0) is 10.8 Å². The van der Waals surface area contributed by atoms with Crippen molar-refractivity contribution < 1.29 is 8.83 Å². The molecule has 0 spiro atoms. The van der Waals surface area contributed by atoms with Gasteiger partial charge >= 0.3 is 0 Å². The molecule has 12 rings (SSSR count). The van der Waals surface area contributed by atoms with Crippen LogP contribution in [0.2, 0.25) is 0 Å². The molecule has 10 aromatic carbocycles. The van der Waals surface area contributed by atoms with Crippen molar-refractivity contribution in [1.82, 2.24) is 0 Å². The smallest absolute Gasteiger partial charge is 0.159 e. The van der Waals surface area contributed by atoms with Gasteiger partial charge in [-0.15, -0.1) is 0 Å². The summed E-state index contributed by atoms with van der Waals surface area (Å²) in [4.78, 5) is 4.99. The first-order valence-electron chi connectivity index (χ1n) is 25.9. The van der Waals surface area contributed by atoms with E-state index in [-0.39, 0.29) is 22.7 Å². The molecular weight excluding hydrogens is 877 g/mol. The van der Waals surface area contributed by atoms with Crippen LogP contribution in [0.25, 0.3) is 76.2 Å². The summed E-state index contributed by atoms with van der Waals surface area (Å²) in [7, 11) is 0. The Labute approximate surface area is 423 Å². The van der Waals surface area contributed by atoms with Crippen molar-refractivity contribution in [2.24, 2.45) is 0 Å². The number of furan rings is 2. The Morgan fingerprint density at radius 3 is 1.07 bits per heavy atom. The van der Waals surface area contributed by atoms with E-state index in [1.54, 1.807) is 0 Å². The molecule has 4 heteroatoms. The average Bonchev–Trinajstić information content (AvgIpc) is 3.93. The third kappa shape index (κ3) is 6.93. The lowest BCUT2D eigenvalue weighted by Gasteiger charge is -2.32. The summed E-state index contributed by atoms with van der Waals surface area (Å²) in [5.74, 6) is 0.471. The quantitative estimate of drug-likeness (QED) is 0.142. The lowest BCUT2D eigenvalue weighted by atomic mass is 9.84. The number of para-hydroxylation sites is 4. The van der Waals surface area contributed by atoms with E-state index in [0.29, 0.717) is 0 Å². The third-order valence-corrected chi connectivity index (χ3v) is 15.4. The van der Waals surface area contributed by atoms with Crippen molar-refractivity contribution in [3.63, 3.8) is 0 Å². The second-order valence-electron chi connectivity index (χ2n) is 23.0. The van der Waals surface area contributed by atoms with Gasteiger partial charge in [0, 0.05) is 54.8 Å². The Kier molecular flexibility index (Phi) is 10.4. The number of hydrogen-bond acceptors (Lipinski definition) is 4. The highest BCUT2D eigenvalue weighted by molar-refractivity contribution is 6.30. The van der Waals surface area contributed by atoms with E-state index in [2.05, 4.69) is 251 Å². The fourth-order valence-electron chi connectivity index (χ4n) is 11.9. The summed E-state index contributed by atoms with van der Waals surface area (Å²) in [6, 6.07) is 58.7. The van der Waals surface area contributed by atoms with Crippen molar-refractivity contribution >= 4 is 110 Å². The molecule has 0 bridgehead atoms. The number of hydrogen-bond donors (Lipinski definition) is 0. The van der Waals surface area contributed by atoms with Crippen LogP contribution in [0.1, 0.15) is 114 Å². The fourth-order valence-corrected chi connectivity index (χ4v) is 11.9. The van der Waals surface area contributed by atoms with Gasteiger partial charge in [0.05, 0.1) is 22.7 Å². The molecule has 0 N–H and O–H groups in total. The van der Waals surface area contributed by atoms with Crippen LogP contribution >= 0.6 is 0 Å². The van der Waals surface area contributed by atoms with E-state index in [9.17, 15) is 0 Å². The summed E-state index contributed by atoms with van der Waals surface area (Å²) >= 11 is 0. The van der Waals surface area contributed by atoms with Crippen molar-refractivity contribution in [1.29, 1.82) is 0 Å². The molecule has 2 heterocycles. The highest BCUT2D eigenvalue weighted by atomic mass is 16.3. The van der Waals surface area contributed by atoms with Gasteiger partial charge < -0.3 is 18.6 Å². The first-order chi connectivity index (χ1) is 34.5. The molecule has 0 fully saturated rings. The molecule has 4 nitrogen and oxygen atoms in total. The van der Waals surface area contributed by atoms with Crippen LogP contribution in [-0.4, -0.2) is 0 Å². The number of benzene rings is 10. The van der Waals surface area contributed by atoms with Crippen LogP contribution in [0, 0.1) is 13.8 Å². The molecule has 0 radical (unpaired) electrons. The Morgan fingerprint density at radius 2 is 0.708 bits per heavy atom. The minimum atomic E-state index is -0.100. The van der Waals surface area contributed by atoms with E-state index in [0.717, 1.165) is 89.1 Å². The molecular formula is C68H64N2O2. The fraction of sp³-hybridized carbons (Fsp3) is 0.235. The molecule has 12 aromatic rings. The minimum Gasteiger partial charge on any atom is -0.454 e. The Hall–Kier alpha value is -7.56. The molecule has 0 amide bonds. The lowest BCUT2D eigenvalue weighted by Crippen LogP contribution is -2.14. The highest BCUT2D eigenvalue weighted by Crippen LogP contribution is 2.54. The number of fused-ring (bicyclic) bond motifs is 6. The Morgan fingerprint density at radius 1 is 0.361 bits per heavy atom. The second kappa shape index (κ2) is 16.5. The maximum atomic E-state index is 7.24. The SMILES string of the molecule is Cc1ccc2c(oc3c(C(C)(C)C)cccc32)c1N(c1ccccc1)c1cc(C(C)C)c2ccc3c(N(c4ccccc4)c4c(C)ccc5c4oc4c(C(C)(C)C)cccc45)cc(C(C)C)c4ccc1c2c43. The monoisotopic (exact) mass is 940 g/mol. The van der Waals surface area contributed by atoms with Crippen molar-refractivity contribution in [2.45, 2.75) is 106 Å². The first kappa shape index (κ1) is 45.6. The van der Waals surface area contributed by atoms with Gasteiger partial charge in [0.25, 0.3) is 0 Å². The molecule has 358 valence electrons. The minimum absolute atomic E-state index is 0.100. The average molecular weight is 941 g/mol. The van der Waals surface area contributed by atoms with Crippen LogP contribution in [0.4, 0.5) is 34.1 Å². The normalized spacial score (nSPS) is 12.7. The van der Waals surface area contributed by atoms with Crippen molar-refractivity contribution in [2.75, 3.05) is 9.80 Å². The van der Waals surface area contributed by atoms with Crippen LogP contribution in [0.3, 0.4) is 0 Å². The highest BCUT2D eigenvalue weighted by Gasteiger charge is 2.31. The molecule has 0 aliphatic heterocycles. The number of anilines is 6. The zero-order valence-electron chi connectivity index (χ0n) is 43.9. The van der Waals surface area contributed by atoms with E-state index in [4.69, 9.17) is 8.83 Å². The summed E-state index contributed by atoms with van der Waals surface area (Å²) in [6.07, 6.45) is 0. The summed E-state index contributed by atoms with van der Waals surface area (Å²) in [5, 5.41) is 12.1. The largest absolute Gasteiger partial charge is 0.454 e. The maximum absolute atomic E-state index is 7.24. The van der Waals surface area contributed by atoms with Crippen molar-refractivity contribution in [3.8, 4) is 0 Å². The maximum Gasteiger partial charge on any atom is 0.159 e. The van der Waals surface area contributed by atoms with Gasteiger partial charge in [-0.2, -0.15) is 0 Å². The predicted octanol–water partition coefficient (Wildman–Crippen LogP) is 20.8. The molecule has 0 atom stereocenters. The number of aryl methyl sites for hydroxylation is 2. The lowest BCUT2D eigenvalue weighted by molar-refractivity contribution is 0.572. The molecule has 0 saturated carbocycles. The third-order valence-electron chi connectivity index (χ3n) is 15.4. The van der Waals surface area contributed by atoms with Crippen LogP contribution < -0.4 is 9.80 Å². The molecule has 2 aromatic heterocycles. The number of nitrogens with zero attached hydrogens (tertiary/aromatic N) is 2. The Balaban J connectivity index is 1.21. The zero-order chi connectivity index (χ0) is 50.1. The summed E-state index contributed by atoms with van der Waals surface area (Å²) in [5.41, 5.74) is 17.4. The van der Waals surface area contributed by atoms with Gasteiger partial charge in [-0.3, -0.25) is 0 Å². The predicted molar refractivity (Wildman–Crippen MR) is 309 cm³/mol. The molecule has 0 aliphatic carbocycles. The molecule has 72 heavy (non-hydrogen) atoms. The molecule has 0 aliphatic rings. The molecule has 0 unspecified atom stereocenters. The van der Waals surface area contributed by atoms with Gasteiger partial charge in [-0.05, 0) is 117 Å². The Bertz CT molecular complexity index is 3810. The molecule has 0 saturated heterocycles. The van der Waals surface area contributed by atoms with Gasteiger partial charge in [-0.1, -0.05) is 191 Å². The number of rotatable bonds is 8. The first-order valence-corrected chi connectivity index (χ1v) is 25.9. The summed E-state index contributed by atoms with van der Waals surface area (Å²) in [6.45, 7) is 27.5. The van der Waals surface area contributed by atoms with Crippen LogP contribution in [0.15, 0.2) is 167 Å². The van der Waals surface area contributed by atoms with E-state index in [1.807, 2.05) is 0 Å². The van der Waals surface area contributed by atoms with E-state index < -0.39 is 0 Å².